The second-order valence-electron chi connectivity index (χ2n) is 14.5. The molecule has 0 saturated heterocycles. The van der Waals surface area contributed by atoms with Crippen molar-refractivity contribution in [3.05, 3.63) is 41.5 Å². The van der Waals surface area contributed by atoms with Crippen LogP contribution in [0.25, 0.3) is 6.08 Å². The SMILES string of the molecule is CC(C)COc1ccc(OCC(C)C)c(/C=C/C(=O)c2c(OCC(C)C)c(OCC(C)C)cc(OCC(C)C)c2OCC(C)C)c1. The zero-order valence-corrected chi connectivity index (χ0v) is 30.5. The van der Waals surface area contributed by atoms with Crippen molar-refractivity contribution in [1.82, 2.24) is 0 Å². The largest absolute Gasteiger partial charge is 0.493 e. The van der Waals surface area contributed by atoms with E-state index in [2.05, 4.69) is 83.1 Å². The molecule has 0 saturated carbocycles. The molecule has 0 aliphatic heterocycles. The van der Waals surface area contributed by atoms with Crippen molar-refractivity contribution < 1.29 is 33.2 Å². The van der Waals surface area contributed by atoms with Gasteiger partial charge < -0.3 is 28.4 Å². The molecule has 46 heavy (non-hydrogen) atoms. The van der Waals surface area contributed by atoms with E-state index >= 15 is 0 Å². The van der Waals surface area contributed by atoms with E-state index in [-0.39, 0.29) is 35.0 Å². The Morgan fingerprint density at radius 1 is 0.522 bits per heavy atom. The molecule has 2 aromatic rings. The topological polar surface area (TPSA) is 72.5 Å². The van der Waals surface area contributed by atoms with Crippen LogP contribution < -0.4 is 28.4 Å². The molecule has 2 aromatic carbocycles. The van der Waals surface area contributed by atoms with Crippen molar-refractivity contribution in [2.45, 2.75) is 83.1 Å². The Morgan fingerprint density at radius 2 is 0.913 bits per heavy atom. The normalized spacial score (nSPS) is 11.9. The molecule has 0 fully saturated rings. The minimum Gasteiger partial charge on any atom is -0.493 e. The molecule has 0 radical (unpaired) electrons. The van der Waals surface area contributed by atoms with Gasteiger partial charge in [-0.05, 0) is 65.9 Å². The molecule has 258 valence electrons. The van der Waals surface area contributed by atoms with E-state index in [4.69, 9.17) is 28.4 Å². The molecule has 0 atom stereocenters. The Bertz CT molecular complexity index is 1200. The minimum absolute atomic E-state index is 0.225. The number of ether oxygens (including phenoxy) is 6. The molecular weight excluding hydrogens is 580 g/mol. The molecule has 0 amide bonds. The summed E-state index contributed by atoms with van der Waals surface area (Å²) in [6, 6.07) is 7.52. The Kier molecular flexibility index (Phi) is 16.3. The summed E-state index contributed by atoms with van der Waals surface area (Å²) in [6.07, 6.45) is 3.32. The average Bonchev–Trinajstić information content (AvgIpc) is 2.97. The summed E-state index contributed by atoms with van der Waals surface area (Å²) in [5.41, 5.74) is 1.03. The van der Waals surface area contributed by atoms with Crippen molar-refractivity contribution in [1.29, 1.82) is 0 Å². The molecule has 0 N–H and O–H groups in total. The van der Waals surface area contributed by atoms with E-state index in [1.807, 2.05) is 24.3 Å². The molecule has 2 rings (SSSR count). The lowest BCUT2D eigenvalue weighted by Gasteiger charge is -2.23. The fourth-order valence-electron chi connectivity index (χ4n) is 3.98. The Labute approximate surface area is 278 Å². The first-order valence-corrected chi connectivity index (χ1v) is 17.0. The van der Waals surface area contributed by atoms with Gasteiger partial charge in [-0.2, -0.15) is 0 Å². The number of carbonyl (C=O) groups excluding carboxylic acids is 1. The van der Waals surface area contributed by atoms with Crippen molar-refractivity contribution in [3.63, 3.8) is 0 Å². The van der Waals surface area contributed by atoms with Crippen LogP contribution in [-0.4, -0.2) is 45.4 Å². The van der Waals surface area contributed by atoms with Crippen molar-refractivity contribution in [2.24, 2.45) is 35.5 Å². The first-order chi connectivity index (χ1) is 21.7. The number of carbonyl (C=O) groups is 1. The smallest absolute Gasteiger partial charge is 0.193 e. The molecular formula is C39H60O7. The van der Waals surface area contributed by atoms with Gasteiger partial charge in [-0.25, -0.2) is 0 Å². The zero-order chi connectivity index (χ0) is 34.4. The number of hydrogen-bond donors (Lipinski definition) is 0. The van der Waals surface area contributed by atoms with Crippen LogP contribution in [0, 0.1) is 35.5 Å². The summed E-state index contributed by atoms with van der Waals surface area (Å²) in [5, 5.41) is 0. The van der Waals surface area contributed by atoms with Crippen LogP contribution in [0.2, 0.25) is 0 Å². The highest BCUT2D eigenvalue weighted by atomic mass is 16.5. The van der Waals surface area contributed by atoms with E-state index in [1.165, 1.54) is 0 Å². The zero-order valence-electron chi connectivity index (χ0n) is 30.5. The van der Waals surface area contributed by atoms with E-state index in [9.17, 15) is 4.79 Å². The van der Waals surface area contributed by atoms with Gasteiger partial charge >= 0.3 is 0 Å². The molecule has 0 unspecified atom stereocenters. The highest BCUT2D eigenvalue weighted by Gasteiger charge is 2.28. The molecule has 0 bridgehead atoms. The lowest BCUT2D eigenvalue weighted by atomic mass is 10.0. The summed E-state index contributed by atoms with van der Waals surface area (Å²) in [4.78, 5) is 14.4. The van der Waals surface area contributed by atoms with Gasteiger partial charge in [0.25, 0.3) is 0 Å². The summed E-state index contributed by atoms with van der Waals surface area (Å²) < 4.78 is 37.4. The molecule has 0 spiro atoms. The van der Waals surface area contributed by atoms with E-state index in [0.717, 1.165) is 5.56 Å². The van der Waals surface area contributed by atoms with Gasteiger partial charge in [0.2, 0.25) is 0 Å². The Hall–Kier alpha value is -3.35. The third kappa shape index (κ3) is 13.6. The van der Waals surface area contributed by atoms with Crippen LogP contribution in [0.3, 0.4) is 0 Å². The van der Waals surface area contributed by atoms with Crippen LogP contribution in [0.1, 0.15) is 99.0 Å². The van der Waals surface area contributed by atoms with Crippen LogP contribution >= 0.6 is 0 Å². The number of benzene rings is 2. The Morgan fingerprint density at radius 3 is 1.35 bits per heavy atom. The first-order valence-electron chi connectivity index (χ1n) is 17.0. The fraction of sp³-hybridized carbons (Fsp3) is 0.615. The quantitative estimate of drug-likeness (QED) is 0.0993. The minimum atomic E-state index is -0.287. The van der Waals surface area contributed by atoms with Crippen LogP contribution in [0.5, 0.6) is 34.5 Å². The van der Waals surface area contributed by atoms with E-state index < -0.39 is 0 Å². The predicted octanol–water partition coefficient (Wildman–Crippen LogP) is 9.79. The van der Waals surface area contributed by atoms with E-state index in [1.54, 1.807) is 12.2 Å². The standard InChI is InChI=1S/C39H60O7/c1-25(2)19-41-32-14-16-34(42-20-26(3)4)31(17-32)13-15-33(40)37-38(45-23-29(9)10)35(43-21-27(5)6)18-36(44-22-28(7)8)39(37)46-24-30(11)12/h13-18,25-30H,19-24H2,1-12H3/b15-13+. The van der Waals surface area contributed by atoms with Crippen LogP contribution in [0.4, 0.5) is 0 Å². The van der Waals surface area contributed by atoms with Gasteiger partial charge in [0, 0.05) is 11.6 Å². The summed E-state index contributed by atoms with van der Waals surface area (Å²) in [7, 11) is 0. The third-order valence-electron chi connectivity index (χ3n) is 6.23. The monoisotopic (exact) mass is 640 g/mol. The highest BCUT2D eigenvalue weighted by molar-refractivity contribution is 6.11. The predicted molar refractivity (Wildman–Crippen MR) is 188 cm³/mol. The lowest BCUT2D eigenvalue weighted by Crippen LogP contribution is -2.16. The average molecular weight is 641 g/mol. The fourth-order valence-corrected chi connectivity index (χ4v) is 3.98. The maximum absolute atomic E-state index is 14.4. The number of allylic oxidation sites excluding steroid dienone is 1. The second kappa shape index (κ2) is 19.3. The van der Waals surface area contributed by atoms with Gasteiger partial charge in [-0.1, -0.05) is 83.1 Å². The summed E-state index contributed by atoms with van der Waals surface area (Å²) >= 11 is 0. The number of ketones is 1. The maximum Gasteiger partial charge on any atom is 0.193 e. The molecule has 7 nitrogen and oxygen atoms in total. The maximum atomic E-state index is 14.4. The third-order valence-corrected chi connectivity index (χ3v) is 6.23. The van der Waals surface area contributed by atoms with Gasteiger partial charge in [0.15, 0.2) is 28.8 Å². The van der Waals surface area contributed by atoms with Crippen LogP contribution in [0.15, 0.2) is 30.3 Å². The first kappa shape index (κ1) is 38.8. The summed E-state index contributed by atoms with van der Waals surface area (Å²) in [6.45, 7) is 27.9. The molecule has 0 heterocycles. The van der Waals surface area contributed by atoms with Crippen LogP contribution in [-0.2, 0) is 0 Å². The number of rotatable bonds is 21. The van der Waals surface area contributed by atoms with Gasteiger partial charge in [0.05, 0.1) is 39.6 Å². The molecule has 7 heteroatoms. The van der Waals surface area contributed by atoms with Gasteiger partial charge in [-0.3, -0.25) is 4.79 Å². The van der Waals surface area contributed by atoms with Crippen molar-refractivity contribution >= 4 is 11.9 Å². The molecule has 0 aliphatic carbocycles. The highest BCUT2D eigenvalue weighted by Crippen LogP contribution is 2.46. The molecule has 0 aromatic heterocycles. The Balaban J connectivity index is 2.76. The second-order valence-corrected chi connectivity index (χ2v) is 14.5. The lowest BCUT2D eigenvalue weighted by molar-refractivity contribution is 0.103. The van der Waals surface area contributed by atoms with Gasteiger partial charge in [0.1, 0.15) is 17.1 Å². The van der Waals surface area contributed by atoms with Gasteiger partial charge in [-0.15, -0.1) is 0 Å². The van der Waals surface area contributed by atoms with Crippen molar-refractivity contribution in [3.8, 4) is 34.5 Å². The van der Waals surface area contributed by atoms with Crippen molar-refractivity contribution in [2.75, 3.05) is 39.6 Å². The number of hydrogen-bond acceptors (Lipinski definition) is 7. The summed E-state index contributed by atoms with van der Waals surface area (Å²) in [5.74, 6) is 4.47. The van der Waals surface area contributed by atoms with E-state index in [0.29, 0.717) is 86.0 Å². The molecule has 0 aliphatic rings.